The average molecular weight is 364 g/mol. The van der Waals surface area contributed by atoms with Crippen LogP contribution in [0.5, 0.6) is 5.75 Å². The van der Waals surface area contributed by atoms with Crippen LogP contribution in [0.2, 0.25) is 0 Å². The van der Waals surface area contributed by atoms with Crippen molar-refractivity contribution in [2.24, 2.45) is 0 Å². The van der Waals surface area contributed by atoms with Gasteiger partial charge in [0, 0.05) is 24.3 Å². The van der Waals surface area contributed by atoms with Gasteiger partial charge >= 0.3 is 0 Å². The zero-order chi connectivity index (χ0) is 19.1. The van der Waals surface area contributed by atoms with Crippen molar-refractivity contribution < 1.29 is 23.8 Å². The van der Waals surface area contributed by atoms with Gasteiger partial charge in [0.2, 0.25) is 13.1 Å². The summed E-state index contributed by atoms with van der Waals surface area (Å²) >= 11 is 0. The normalized spacial score (nSPS) is 10.2. The summed E-state index contributed by atoms with van der Waals surface area (Å²) < 4.78 is 3.43. The summed E-state index contributed by atoms with van der Waals surface area (Å²) in [6.07, 6.45) is 7.10. The molecule has 2 aromatic heterocycles. The number of aromatic nitrogens is 2. The van der Waals surface area contributed by atoms with Gasteiger partial charge < -0.3 is 15.7 Å². The van der Waals surface area contributed by atoms with Crippen molar-refractivity contribution in [3.05, 3.63) is 79.4 Å². The smallest absolute Gasteiger partial charge is 0.290 e. The molecule has 3 aromatic rings. The van der Waals surface area contributed by atoms with Crippen LogP contribution in [0.15, 0.2) is 79.4 Å². The second kappa shape index (κ2) is 8.57. The maximum atomic E-state index is 12.2. The summed E-state index contributed by atoms with van der Waals surface area (Å²) in [6.45, 7) is 0.225. The van der Waals surface area contributed by atoms with E-state index in [1.165, 1.54) is 0 Å². The molecule has 27 heavy (non-hydrogen) atoms. The first-order valence-corrected chi connectivity index (χ1v) is 8.41. The Morgan fingerprint density at radius 2 is 1.11 bits per heavy atom. The van der Waals surface area contributed by atoms with E-state index < -0.39 is 0 Å². The molecule has 0 aliphatic rings. The number of phenolic OH excluding ortho intramolecular Hbond substituents is 1. The third-order valence-corrected chi connectivity index (χ3v) is 3.79. The zero-order valence-electron chi connectivity index (χ0n) is 14.6. The molecule has 0 aliphatic carbocycles. The number of rotatable bonds is 6. The number of phenols is 1. The van der Waals surface area contributed by atoms with Crippen molar-refractivity contribution in [3.8, 4) is 5.75 Å². The minimum absolute atomic E-state index is 0.113. The molecule has 3 N–H and O–H groups in total. The number of hydrogen-bond acceptors (Lipinski definition) is 3. The van der Waals surface area contributed by atoms with Crippen LogP contribution in [0.3, 0.4) is 0 Å². The Balaban J connectivity index is 1.64. The quantitative estimate of drug-likeness (QED) is 0.454. The van der Waals surface area contributed by atoms with E-state index in [-0.39, 0.29) is 42.0 Å². The van der Waals surface area contributed by atoms with Crippen molar-refractivity contribution >= 4 is 23.2 Å². The molecular formula is C20H20N4O3+2. The topological polar surface area (TPSA) is 86.2 Å². The van der Waals surface area contributed by atoms with E-state index in [1.54, 1.807) is 52.1 Å². The molecule has 0 saturated heterocycles. The standard InChI is InChI=1S/C20H18N4O3/c25-18(14-23-10-3-1-4-11-23)21-16-8-7-9-17(20(16)27)22-19(26)15-24-12-5-2-6-13-24/h1-13H,14-15H2,(H-2,21,22,25,26,27)/p+2. The van der Waals surface area contributed by atoms with Gasteiger partial charge in [-0.2, -0.15) is 9.13 Å². The Bertz CT molecular complexity index is 857. The summed E-state index contributed by atoms with van der Waals surface area (Å²) in [5, 5.41) is 15.7. The number of aromatic hydroxyl groups is 1. The van der Waals surface area contributed by atoms with Gasteiger partial charge in [-0.1, -0.05) is 18.2 Å². The highest BCUT2D eigenvalue weighted by Gasteiger charge is 2.16. The van der Waals surface area contributed by atoms with E-state index in [4.69, 9.17) is 0 Å². The number of carbonyl (C=O) groups excluding carboxylic acids is 2. The Kier molecular flexibility index (Phi) is 5.73. The fourth-order valence-electron chi connectivity index (χ4n) is 2.54. The molecule has 0 atom stereocenters. The molecule has 0 aliphatic heterocycles. The fourth-order valence-corrected chi connectivity index (χ4v) is 2.54. The highest BCUT2D eigenvalue weighted by molar-refractivity contribution is 5.96. The summed E-state index contributed by atoms with van der Waals surface area (Å²) in [5.74, 6) is -0.759. The monoisotopic (exact) mass is 364 g/mol. The summed E-state index contributed by atoms with van der Waals surface area (Å²) in [6, 6.07) is 15.8. The van der Waals surface area contributed by atoms with Crippen molar-refractivity contribution in [3.63, 3.8) is 0 Å². The highest BCUT2D eigenvalue weighted by Crippen LogP contribution is 2.31. The molecule has 7 heteroatoms. The van der Waals surface area contributed by atoms with Gasteiger partial charge in [0.05, 0.1) is 11.4 Å². The van der Waals surface area contributed by atoms with E-state index >= 15 is 0 Å². The first-order chi connectivity index (χ1) is 13.1. The summed E-state index contributed by atoms with van der Waals surface area (Å²) in [5.41, 5.74) is 0.475. The van der Waals surface area contributed by atoms with Gasteiger partial charge in [-0.15, -0.1) is 0 Å². The molecule has 0 spiro atoms. The molecule has 2 heterocycles. The number of anilines is 2. The number of nitrogens with one attached hydrogen (secondary N) is 2. The number of nitrogens with zero attached hydrogens (tertiary/aromatic N) is 2. The number of amides is 2. The maximum absolute atomic E-state index is 12.2. The third kappa shape index (κ3) is 5.12. The van der Waals surface area contributed by atoms with Gasteiger partial charge in [-0.05, 0) is 12.1 Å². The zero-order valence-corrected chi connectivity index (χ0v) is 14.6. The van der Waals surface area contributed by atoms with Crippen molar-refractivity contribution in [1.82, 2.24) is 0 Å². The molecule has 0 bridgehead atoms. The molecule has 0 radical (unpaired) electrons. The van der Waals surface area contributed by atoms with E-state index in [1.807, 2.05) is 36.4 Å². The predicted molar refractivity (Wildman–Crippen MR) is 98.6 cm³/mol. The Morgan fingerprint density at radius 1 is 0.704 bits per heavy atom. The maximum Gasteiger partial charge on any atom is 0.290 e. The van der Waals surface area contributed by atoms with Gasteiger partial charge in [-0.3, -0.25) is 9.59 Å². The summed E-state index contributed by atoms with van der Waals surface area (Å²) in [4.78, 5) is 24.4. The van der Waals surface area contributed by atoms with Gasteiger partial charge in [0.15, 0.2) is 30.5 Å². The van der Waals surface area contributed by atoms with Crippen LogP contribution in [0.1, 0.15) is 0 Å². The van der Waals surface area contributed by atoms with E-state index in [0.717, 1.165) is 0 Å². The van der Waals surface area contributed by atoms with Crippen LogP contribution < -0.4 is 19.8 Å². The van der Waals surface area contributed by atoms with Crippen LogP contribution in [-0.2, 0) is 22.7 Å². The Hall–Kier alpha value is -3.74. The van der Waals surface area contributed by atoms with Crippen LogP contribution in [0, 0.1) is 0 Å². The van der Waals surface area contributed by atoms with Gasteiger partial charge in [-0.25, -0.2) is 0 Å². The Morgan fingerprint density at radius 3 is 1.52 bits per heavy atom. The lowest BCUT2D eigenvalue weighted by Crippen LogP contribution is -2.39. The number of carbonyl (C=O) groups is 2. The molecule has 7 nitrogen and oxygen atoms in total. The second-order valence-electron chi connectivity index (χ2n) is 5.89. The van der Waals surface area contributed by atoms with Crippen LogP contribution in [0.25, 0.3) is 0 Å². The first kappa shape index (κ1) is 18.1. The van der Waals surface area contributed by atoms with Crippen LogP contribution >= 0.6 is 0 Å². The lowest BCUT2D eigenvalue weighted by atomic mass is 10.2. The molecule has 0 unspecified atom stereocenters. The number of para-hydroxylation sites is 1. The number of pyridine rings is 2. The van der Waals surface area contributed by atoms with E-state index in [9.17, 15) is 14.7 Å². The SMILES string of the molecule is O=C(C[n+]1ccccc1)Nc1cccc(NC(=O)C[n+]2ccccc2)c1O. The van der Waals surface area contributed by atoms with Crippen molar-refractivity contribution in [2.75, 3.05) is 10.6 Å². The molecule has 0 fully saturated rings. The first-order valence-electron chi connectivity index (χ1n) is 8.41. The number of hydrogen-bond donors (Lipinski definition) is 3. The molecule has 2 amide bonds. The fraction of sp³-hybridized carbons (Fsp3) is 0.100. The molecule has 0 saturated carbocycles. The van der Waals surface area contributed by atoms with Crippen molar-refractivity contribution in [1.29, 1.82) is 0 Å². The average Bonchev–Trinajstić information content (AvgIpc) is 2.66. The third-order valence-electron chi connectivity index (χ3n) is 3.79. The second-order valence-corrected chi connectivity index (χ2v) is 5.89. The van der Waals surface area contributed by atoms with Gasteiger partial charge in [0.1, 0.15) is 0 Å². The lowest BCUT2D eigenvalue weighted by molar-refractivity contribution is -0.684. The predicted octanol–water partition coefficient (Wildman–Crippen LogP) is 1.24. The minimum atomic E-state index is -0.287. The van der Waals surface area contributed by atoms with E-state index in [2.05, 4.69) is 10.6 Å². The van der Waals surface area contributed by atoms with Gasteiger partial charge in [0.25, 0.3) is 11.8 Å². The lowest BCUT2D eigenvalue weighted by Gasteiger charge is -2.10. The molecule has 136 valence electrons. The summed E-state index contributed by atoms with van der Waals surface area (Å²) in [7, 11) is 0. The number of benzene rings is 1. The van der Waals surface area contributed by atoms with E-state index in [0.29, 0.717) is 0 Å². The Labute approximate surface area is 156 Å². The van der Waals surface area contributed by atoms with Crippen LogP contribution in [0.4, 0.5) is 11.4 Å². The van der Waals surface area contributed by atoms with Crippen LogP contribution in [-0.4, -0.2) is 16.9 Å². The minimum Gasteiger partial charge on any atom is -0.504 e. The highest BCUT2D eigenvalue weighted by atomic mass is 16.3. The molecule has 3 rings (SSSR count). The molecular weight excluding hydrogens is 344 g/mol. The van der Waals surface area contributed by atoms with Crippen molar-refractivity contribution in [2.45, 2.75) is 13.1 Å². The molecule has 1 aromatic carbocycles. The largest absolute Gasteiger partial charge is 0.504 e.